The minimum atomic E-state index is -0.444. The summed E-state index contributed by atoms with van der Waals surface area (Å²) in [5.74, 6) is -0.866. The molecule has 1 amide bonds. The topological polar surface area (TPSA) is 75.6 Å². The van der Waals surface area contributed by atoms with Crippen molar-refractivity contribution in [2.75, 3.05) is 13.2 Å². The largest absolute Gasteiger partial charge is 0.508 e. The summed E-state index contributed by atoms with van der Waals surface area (Å²) in [5, 5.41) is 12.0. The van der Waals surface area contributed by atoms with Gasteiger partial charge in [-0.2, -0.15) is 0 Å². The van der Waals surface area contributed by atoms with E-state index < -0.39 is 5.91 Å². The van der Waals surface area contributed by atoms with Gasteiger partial charge in [0.15, 0.2) is 0 Å². The van der Waals surface area contributed by atoms with Crippen LogP contribution in [0.1, 0.15) is 23.7 Å². The summed E-state index contributed by atoms with van der Waals surface area (Å²) in [4.78, 5) is 22.7. The molecule has 0 saturated carbocycles. The molecule has 0 heterocycles. The second-order valence-corrected chi connectivity index (χ2v) is 3.88. The number of ether oxygens (including phenoxy) is 1. The molecule has 98 valence electrons. The minimum Gasteiger partial charge on any atom is -0.508 e. The van der Waals surface area contributed by atoms with Crippen LogP contribution in [0.2, 0.25) is 5.02 Å². The molecule has 18 heavy (non-hydrogen) atoms. The Morgan fingerprint density at radius 1 is 1.44 bits per heavy atom. The van der Waals surface area contributed by atoms with E-state index in [2.05, 4.69) is 5.32 Å². The molecular formula is C12H14ClNO4. The predicted octanol–water partition coefficient (Wildman–Crippen LogP) is 1.73. The van der Waals surface area contributed by atoms with Crippen molar-refractivity contribution in [2.24, 2.45) is 0 Å². The van der Waals surface area contributed by atoms with E-state index in [-0.39, 0.29) is 35.3 Å². The molecule has 0 unspecified atom stereocenters. The number of aromatic hydroxyl groups is 1. The van der Waals surface area contributed by atoms with Crippen LogP contribution >= 0.6 is 11.6 Å². The van der Waals surface area contributed by atoms with E-state index in [1.165, 1.54) is 18.2 Å². The number of phenols is 1. The van der Waals surface area contributed by atoms with Crippen LogP contribution < -0.4 is 5.32 Å². The molecule has 1 rings (SSSR count). The maximum absolute atomic E-state index is 11.7. The van der Waals surface area contributed by atoms with Crippen LogP contribution in [0.3, 0.4) is 0 Å². The third-order valence-electron chi connectivity index (χ3n) is 2.11. The van der Waals surface area contributed by atoms with Crippen molar-refractivity contribution < 1.29 is 19.4 Å². The van der Waals surface area contributed by atoms with Gasteiger partial charge in [0.05, 0.1) is 23.6 Å². The number of esters is 1. The zero-order chi connectivity index (χ0) is 13.5. The molecule has 1 aromatic rings. The number of carbonyl (C=O) groups is 2. The fourth-order valence-corrected chi connectivity index (χ4v) is 1.50. The summed E-state index contributed by atoms with van der Waals surface area (Å²) in [5.41, 5.74) is 0.167. The van der Waals surface area contributed by atoms with Crippen LogP contribution in [0.25, 0.3) is 0 Å². The van der Waals surface area contributed by atoms with Gasteiger partial charge in [-0.15, -0.1) is 0 Å². The average molecular weight is 272 g/mol. The lowest BCUT2D eigenvalue weighted by molar-refractivity contribution is -0.142. The first kappa shape index (κ1) is 14.3. The molecule has 2 N–H and O–H groups in total. The zero-order valence-corrected chi connectivity index (χ0v) is 10.7. The van der Waals surface area contributed by atoms with Gasteiger partial charge in [-0.05, 0) is 25.1 Å². The standard InChI is InChI=1S/C12H14ClNO4/c1-2-18-11(16)5-6-14-12(17)9-7-8(15)3-4-10(9)13/h3-4,7,15H,2,5-6H2,1H3,(H,14,17). The molecule has 0 aliphatic carbocycles. The normalized spacial score (nSPS) is 9.89. The first-order chi connectivity index (χ1) is 8.54. The quantitative estimate of drug-likeness (QED) is 0.800. The highest BCUT2D eigenvalue weighted by molar-refractivity contribution is 6.33. The predicted molar refractivity (Wildman–Crippen MR) is 66.7 cm³/mol. The van der Waals surface area contributed by atoms with Crippen LogP contribution in [0.15, 0.2) is 18.2 Å². The Hall–Kier alpha value is -1.75. The van der Waals surface area contributed by atoms with E-state index in [4.69, 9.17) is 16.3 Å². The minimum absolute atomic E-state index is 0.0463. The molecule has 0 atom stereocenters. The van der Waals surface area contributed by atoms with E-state index in [9.17, 15) is 14.7 Å². The van der Waals surface area contributed by atoms with Gasteiger partial charge in [-0.1, -0.05) is 11.6 Å². The summed E-state index contributed by atoms with van der Waals surface area (Å²) in [6.45, 7) is 2.18. The number of phenolic OH excluding ortho intramolecular Hbond substituents is 1. The fraction of sp³-hybridized carbons (Fsp3) is 0.333. The van der Waals surface area contributed by atoms with Crippen molar-refractivity contribution in [3.05, 3.63) is 28.8 Å². The van der Waals surface area contributed by atoms with Crippen molar-refractivity contribution in [1.82, 2.24) is 5.32 Å². The summed E-state index contributed by atoms with van der Waals surface area (Å²) in [6, 6.07) is 4.08. The summed E-state index contributed by atoms with van der Waals surface area (Å²) in [6.07, 6.45) is 0.0933. The Morgan fingerprint density at radius 3 is 2.83 bits per heavy atom. The number of amides is 1. The third kappa shape index (κ3) is 4.25. The van der Waals surface area contributed by atoms with E-state index in [1.807, 2.05) is 0 Å². The van der Waals surface area contributed by atoms with Crippen molar-refractivity contribution in [3.63, 3.8) is 0 Å². The van der Waals surface area contributed by atoms with Gasteiger partial charge in [0.1, 0.15) is 5.75 Å². The second-order valence-electron chi connectivity index (χ2n) is 3.48. The van der Waals surface area contributed by atoms with Crippen molar-refractivity contribution in [3.8, 4) is 5.75 Å². The first-order valence-corrected chi connectivity index (χ1v) is 5.84. The number of hydrogen-bond acceptors (Lipinski definition) is 4. The maximum Gasteiger partial charge on any atom is 0.307 e. The van der Waals surface area contributed by atoms with Gasteiger partial charge in [-0.25, -0.2) is 0 Å². The number of nitrogens with one attached hydrogen (secondary N) is 1. The highest BCUT2D eigenvalue weighted by Crippen LogP contribution is 2.20. The highest BCUT2D eigenvalue weighted by Gasteiger charge is 2.11. The fourth-order valence-electron chi connectivity index (χ4n) is 1.29. The van der Waals surface area contributed by atoms with Gasteiger partial charge in [0.25, 0.3) is 5.91 Å². The lowest BCUT2D eigenvalue weighted by Crippen LogP contribution is -2.26. The molecule has 1 aromatic carbocycles. The van der Waals surface area contributed by atoms with Crippen LogP contribution in [0.4, 0.5) is 0 Å². The lowest BCUT2D eigenvalue weighted by atomic mass is 10.2. The molecule has 0 aliphatic heterocycles. The molecule has 6 heteroatoms. The van der Waals surface area contributed by atoms with Gasteiger partial charge < -0.3 is 15.2 Å². The van der Waals surface area contributed by atoms with Crippen LogP contribution in [-0.4, -0.2) is 30.1 Å². The van der Waals surface area contributed by atoms with Gasteiger partial charge in [0, 0.05) is 6.54 Å². The van der Waals surface area contributed by atoms with E-state index in [1.54, 1.807) is 6.92 Å². The SMILES string of the molecule is CCOC(=O)CCNC(=O)c1cc(O)ccc1Cl. The monoisotopic (exact) mass is 271 g/mol. The molecular weight excluding hydrogens is 258 g/mol. The van der Waals surface area contributed by atoms with Crippen LogP contribution in [0, 0.1) is 0 Å². The van der Waals surface area contributed by atoms with Crippen molar-refractivity contribution in [2.45, 2.75) is 13.3 Å². The summed E-state index contributed by atoms with van der Waals surface area (Å²) < 4.78 is 4.72. The Morgan fingerprint density at radius 2 is 2.17 bits per heavy atom. The Bertz CT molecular complexity index is 448. The van der Waals surface area contributed by atoms with Gasteiger partial charge >= 0.3 is 5.97 Å². The van der Waals surface area contributed by atoms with E-state index in [0.717, 1.165) is 0 Å². The average Bonchev–Trinajstić information content (AvgIpc) is 2.32. The molecule has 0 spiro atoms. The van der Waals surface area contributed by atoms with Crippen LogP contribution in [-0.2, 0) is 9.53 Å². The number of rotatable bonds is 5. The highest BCUT2D eigenvalue weighted by atomic mass is 35.5. The maximum atomic E-state index is 11.7. The number of carbonyl (C=O) groups excluding carboxylic acids is 2. The Balaban J connectivity index is 2.50. The number of hydrogen-bond donors (Lipinski definition) is 2. The Labute approximate surface area is 110 Å². The molecule has 0 aliphatic rings. The van der Waals surface area contributed by atoms with Crippen LogP contribution in [0.5, 0.6) is 5.75 Å². The number of halogens is 1. The number of benzene rings is 1. The molecule has 0 bridgehead atoms. The first-order valence-electron chi connectivity index (χ1n) is 5.47. The molecule has 5 nitrogen and oxygen atoms in total. The molecule has 0 aromatic heterocycles. The van der Waals surface area contributed by atoms with Crippen molar-refractivity contribution >= 4 is 23.5 Å². The smallest absolute Gasteiger partial charge is 0.307 e. The van der Waals surface area contributed by atoms with E-state index >= 15 is 0 Å². The van der Waals surface area contributed by atoms with Gasteiger partial charge in [-0.3, -0.25) is 9.59 Å². The van der Waals surface area contributed by atoms with Gasteiger partial charge in [0.2, 0.25) is 0 Å². The zero-order valence-electron chi connectivity index (χ0n) is 9.90. The Kier molecular flexibility index (Phi) is 5.45. The molecule has 0 radical (unpaired) electrons. The summed E-state index contributed by atoms with van der Waals surface area (Å²) >= 11 is 5.82. The summed E-state index contributed by atoms with van der Waals surface area (Å²) in [7, 11) is 0. The molecule has 0 fully saturated rings. The third-order valence-corrected chi connectivity index (χ3v) is 2.44. The van der Waals surface area contributed by atoms with E-state index in [0.29, 0.717) is 6.61 Å². The van der Waals surface area contributed by atoms with Crippen molar-refractivity contribution in [1.29, 1.82) is 0 Å². The molecule has 0 saturated heterocycles. The lowest BCUT2D eigenvalue weighted by Gasteiger charge is -2.07. The second kappa shape index (κ2) is 6.86.